The zero-order chi connectivity index (χ0) is 26.0. The molecule has 8 nitrogen and oxygen atoms in total. The van der Waals surface area contributed by atoms with Gasteiger partial charge in [-0.25, -0.2) is 23.2 Å². The Labute approximate surface area is 220 Å². The van der Waals surface area contributed by atoms with Gasteiger partial charge < -0.3 is 10.2 Å². The van der Waals surface area contributed by atoms with Crippen LogP contribution in [0, 0.1) is 5.92 Å². The molecule has 190 valence electrons. The molecule has 1 aromatic heterocycles. The van der Waals surface area contributed by atoms with Crippen LogP contribution < -0.4 is 10.0 Å². The number of aromatic nitrogens is 2. The van der Waals surface area contributed by atoms with Crippen LogP contribution in [0.4, 0.5) is 16.2 Å². The summed E-state index contributed by atoms with van der Waals surface area (Å²) >= 11 is 6.36. The van der Waals surface area contributed by atoms with Crippen molar-refractivity contribution < 1.29 is 13.2 Å². The number of halogens is 1. The van der Waals surface area contributed by atoms with E-state index in [0.717, 1.165) is 29.3 Å². The van der Waals surface area contributed by atoms with Gasteiger partial charge in [-0.2, -0.15) is 0 Å². The summed E-state index contributed by atoms with van der Waals surface area (Å²) in [6.07, 6.45) is 3.41. The first kappa shape index (κ1) is 25.0. The SMILES string of the molecule is CC1CCN(C(=O)Nc2ccc(S(=O)(=O)Nc3cccc(-c4ncnc5ccccc45)c3)c(Cl)c2)CC1. The van der Waals surface area contributed by atoms with Gasteiger partial charge in [0.25, 0.3) is 10.0 Å². The maximum atomic E-state index is 13.2. The molecule has 0 saturated carbocycles. The highest BCUT2D eigenvalue weighted by atomic mass is 35.5. The molecule has 0 aliphatic carbocycles. The van der Waals surface area contributed by atoms with E-state index >= 15 is 0 Å². The number of rotatable bonds is 5. The highest BCUT2D eigenvalue weighted by Gasteiger charge is 2.22. The summed E-state index contributed by atoms with van der Waals surface area (Å²) < 4.78 is 29.0. The molecule has 37 heavy (non-hydrogen) atoms. The molecule has 2 amide bonds. The number of likely N-dealkylation sites (tertiary alicyclic amines) is 1. The molecule has 1 saturated heterocycles. The fourth-order valence-corrected chi connectivity index (χ4v) is 5.98. The molecule has 1 aliphatic heterocycles. The van der Waals surface area contributed by atoms with E-state index in [-0.39, 0.29) is 15.9 Å². The highest BCUT2D eigenvalue weighted by Crippen LogP contribution is 2.30. The van der Waals surface area contributed by atoms with Gasteiger partial charge >= 0.3 is 6.03 Å². The Morgan fingerprint density at radius 2 is 1.76 bits per heavy atom. The quantitative estimate of drug-likeness (QED) is 0.325. The Kier molecular flexibility index (Phi) is 6.99. The molecule has 1 aliphatic rings. The molecule has 2 heterocycles. The fraction of sp³-hybridized carbons (Fsp3) is 0.222. The average molecular weight is 536 g/mol. The van der Waals surface area contributed by atoms with E-state index in [1.54, 1.807) is 23.1 Å². The molecule has 0 radical (unpaired) electrons. The number of para-hydroxylation sites is 1. The Hall–Kier alpha value is -3.69. The van der Waals surface area contributed by atoms with E-state index in [0.29, 0.717) is 36.1 Å². The summed E-state index contributed by atoms with van der Waals surface area (Å²) in [4.78, 5) is 22.9. The average Bonchev–Trinajstić information content (AvgIpc) is 2.88. The lowest BCUT2D eigenvalue weighted by Gasteiger charge is -2.30. The number of anilines is 2. The second kappa shape index (κ2) is 10.4. The first-order valence-corrected chi connectivity index (χ1v) is 13.8. The number of hydrogen-bond acceptors (Lipinski definition) is 5. The largest absolute Gasteiger partial charge is 0.325 e. The van der Waals surface area contributed by atoms with E-state index in [1.165, 1.54) is 24.5 Å². The Morgan fingerprint density at radius 1 is 0.973 bits per heavy atom. The van der Waals surface area contributed by atoms with E-state index in [4.69, 9.17) is 11.6 Å². The van der Waals surface area contributed by atoms with Crippen molar-refractivity contribution in [3.63, 3.8) is 0 Å². The monoisotopic (exact) mass is 535 g/mol. The summed E-state index contributed by atoms with van der Waals surface area (Å²) in [5.74, 6) is 0.608. The first-order valence-electron chi connectivity index (χ1n) is 12.0. The van der Waals surface area contributed by atoms with Crippen LogP contribution in [0.3, 0.4) is 0 Å². The smallest absolute Gasteiger partial charge is 0.321 e. The van der Waals surface area contributed by atoms with Crippen molar-refractivity contribution in [2.24, 2.45) is 5.92 Å². The van der Waals surface area contributed by atoms with E-state index in [1.807, 2.05) is 30.3 Å². The zero-order valence-electron chi connectivity index (χ0n) is 20.2. The molecule has 3 aromatic carbocycles. The van der Waals surface area contributed by atoms with Gasteiger partial charge in [-0.05, 0) is 55.2 Å². The van der Waals surface area contributed by atoms with Crippen LogP contribution in [-0.4, -0.2) is 42.4 Å². The number of amides is 2. The number of benzene rings is 3. The van der Waals surface area contributed by atoms with Gasteiger partial charge in [0.2, 0.25) is 0 Å². The standard InChI is InChI=1S/C27H26ClN5O3S/c1-18-11-13-33(14-12-18)27(34)31-20-9-10-25(23(28)16-20)37(35,36)32-21-6-4-5-19(15-21)26-22-7-2-3-8-24(22)29-17-30-26/h2-10,15-18,32H,11-14H2,1H3,(H,31,34). The lowest BCUT2D eigenvalue weighted by molar-refractivity contribution is 0.186. The molecule has 2 N–H and O–H groups in total. The van der Waals surface area contributed by atoms with Crippen LogP contribution in [0.15, 0.2) is 78.0 Å². The van der Waals surface area contributed by atoms with Crippen molar-refractivity contribution in [3.05, 3.63) is 78.1 Å². The van der Waals surface area contributed by atoms with Crippen LogP contribution in [-0.2, 0) is 10.0 Å². The van der Waals surface area contributed by atoms with Crippen molar-refractivity contribution in [3.8, 4) is 11.3 Å². The number of piperidine rings is 1. The van der Waals surface area contributed by atoms with Crippen molar-refractivity contribution in [2.75, 3.05) is 23.1 Å². The predicted octanol–water partition coefficient (Wildman–Crippen LogP) is 6.01. The summed E-state index contributed by atoms with van der Waals surface area (Å²) in [7, 11) is -4.00. The third-order valence-corrected chi connectivity index (χ3v) is 8.34. The molecular formula is C27H26ClN5O3S. The van der Waals surface area contributed by atoms with Crippen LogP contribution >= 0.6 is 11.6 Å². The minimum Gasteiger partial charge on any atom is -0.325 e. The zero-order valence-corrected chi connectivity index (χ0v) is 21.8. The Morgan fingerprint density at radius 3 is 2.54 bits per heavy atom. The van der Waals surface area contributed by atoms with Gasteiger partial charge in [0.05, 0.1) is 16.2 Å². The van der Waals surface area contributed by atoms with Crippen LogP contribution in [0.1, 0.15) is 19.8 Å². The second-order valence-corrected chi connectivity index (χ2v) is 11.2. The number of nitrogens with zero attached hydrogens (tertiary/aromatic N) is 3. The third-order valence-electron chi connectivity index (χ3n) is 6.47. The van der Waals surface area contributed by atoms with Crippen molar-refractivity contribution in [2.45, 2.75) is 24.7 Å². The number of hydrogen-bond donors (Lipinski definition) is 2. The first-order chi connectivity index (χ1) is 17.8. The van der Waals surface area contributed by atoms with Gasteiger partial charge in [-0.15, -0.1) is 0 Å². The maximum Gasteiger partial charge on any atom is 0.321 e. The number of carbonyl (C=O) groups is 1. The topological polar surface area (TPSA) is 104 Å². The lowest BCUT2D eigenvalue weighted by atomic mass is 10.00. The minimum absolute atomic E-state index is 0.00974. The van der Waals surface area contributed by atoms with Gasteiger partial charge in [0.15, 0.2) is 0 Å². The molecule has 1 fully saturated rings. The van der Waals surface area contributed by atoms with Gasteiger partial charge in [-0.1, -0.05) is 48.9 Å². The molecule has 4 aromatic rings. The highest BCUT2D eigenvalue weighted by molar-refractivity contribution is 7.92. The van der Waals surface area contributed by atoms with E-state index < -0.39 is 10.0 Å². The number of carbonyl (C=O) groups excluding carboxylic acids is 1. The van der Waals surface area contributed by atoms with Gasteiger partial charge in [0.1, 0.15) is 11.2 Å². The van der Waals surface area contributed by atoms with Crippen LogP contribution in [0.25, 0.3) is 22.2 Å². The third kappa shape index (κ3) is 5.52. The second-order valence-electron chi connectivity index (χ2n) is 9.17. The summed E-state index contributed by atoms with van der Waals surface area (Å²) in [6.45, 7) is 3.57. The van der Waals surface area contributed by atoms with Crippen LogP contribution in [0.2, 0.25) is 5.02 Å². The van der Waals surface area contributed by atoms with Crippen LogP contribution in [0.5, 0.6) is 0 Å². The van der Waals surface area contributed by atoms with Gasteiger partial charge in [-0.3, -0.25) is 4.72 Å². The van der Waals surface area contributed by atoms with Crippen molar-refractivity contribution >= 4 is 49.9 Å². The number of fused-ring (bicyclic) bond motifs is 1. The molecule has 0 bridgehead atoms. The molecule has 0 atom stereocenters. The number of nitrogens with one attached hydrogen (secondary N) is 2. The molecule has 5 rings (SSSR count). The van der Waals surface area contributed by atoms with E-state index in [9.17, 15) is 13.2 Å². The Balaban J connectivity index is 1.34. The summed E-state index contributed by atoms with van der Waals surface area (Å²) in [5.41, 5.74) is 3.05. The molecule has 0 unspecified atom stereocenters. The minimum atomic E-state index is -4.00. The number of sulfonamides is 1. The maximum absolute atomic E-state index is 13.2. The lowest BCUT2D eigenvalue weighted by Crippen LogP contribution is -2.40. The van der Waals surface area contributed by atoms with Gasteiger partial charge in [0, 0.05) is 35.4 Å². The van der Waals surface area contributed by atoms with Crippen molar-refractivity contribution in [1.82, 2.24) is 14.9 Å². The molecule has 0 spiro atoms. The van der Waals surface area contributed by atoms with E-state index in [2.05, 4.69) is 26.9 Å². The molecule has 10 heteroatoms. The summed E-state index contributed by atoms with van der Waals surface area (Å²) in [5, 5.41) is 3.69. The predicted molar refractivity (Wildman–Crippen MR) is 146 cm³/mol. The molecular weight excluding hydrogens is 510 g/mol. The number of urea groups is 1. The normalized spacial score (nSPS) is 14.5. The summed E-state index contributed by atoms with van der Waals surface area (Å²) in [6, 6.07) is 18.8. The Bertz CT molecular complexity index is 1560. The fourth-order valence-electron chi connectivity index (χ4n) is 4.39. The van der Waals surface area contributed by atoms with Crippen molar-refractivity contribution in [1.29, 1.82) is 0 Å².